The quantitative estimate of drug-likeness (QED) is 0.648. The molecule has 0 unspecified atom stereocenters. The lowest BCUT2D eigenvalue weighted by atomic mass is 10.2. The van der Waals surface area contributed by atoms with Crippen LogP contribution in [0.2, 0.25) is 0 Å². The van der Waals surface area contributed by atoms with Crippen LogP contribution in [0.3, 0.4) is 0 Å². The topological polar surface area (TPSA) is 30.7 Å². The number of hydrogen-bond acceptors (Lipinski definition) is 3. The van der Waals surface area contributed by atoms with Gasteiger partial charge in [0.2, 0.25) is 0 Å². The van der Waals surface area contributed by atoms with Crippen molar-refractivity contribution < 1.29 is 0 Å². The second-order valence-electron chi connectivity index (χ2n) is 2.85. The van der Waals surface area contributed by atoms with Crippen molar-refractivity contribution in [2.24, 2.45) is 5.92 Å². The lowest BCUT2D eigenvalue weighted by Gasteiger charge is -2.05. The molecule has 0 saturated carbocycles. The molecule has 0 fully saturated rings. The van der Waals surface area contributed by atoms with Crippen LogP contribution in [0.1, 0.15) is 13.8 Å². The zero-order valence-corrected chi connectivity index (χ0v) is 7.93. The van der Waals surface area contributed by atoms with Crippen LogP contribution in [-0.2, 0) is 6.54 Å². The predicted octanol–water partition coefficient (Wildman–Crippen LogP) is 1.66. The van der Waals surface area contributed by atoms with E-state index >= 15 is 0 Å². The third-order valence-corrected chi connectivity index (χ3v) is 2.06. The second kappa shape index (κ2) is 3.76. The molecule has 0 amide bonds. The summed E-state index contributed by atoms with van der Waals surface area (Å²) in [6.07, 6.45) is 3.84. The van der Waals surface area contributed by atoms with Gasteiger partial charge in [-0.2, -0.15) is 0 Å². The van der Waals surface area contributed by atoms with E-state index in [-0.39, 0.29) is 0 Å². The minimum Gasteiger partial charge on any atom is -0.239 e. The van der Waals surface area contributed by atoms with Crippen LogP contribution in [0, 0.1) is 5.92 Å². The molecule has 11 heavy (non-hydrogen) atoms. The van der Waals surface area contributed by atoms with Crippen LogP contribution in [0.15, 0.2) is 11.2 Å². The average Bonchev–Trinajstić information content (AvgIpc) is 2.34. The Morgan fingerprint density at radius 1 is 1.64 bits per heavy atom. The van der Waals surface area contributed by atoms with Crippen LogP contribution < -0.4 is 0 Å². The average molecular weight is 171 g/mol. The lowest BCUT2D eigenvalue weighted by molar-refractivity contribution is 0.447. The van der Waals surface area contributed by atoms with Crippen LogP contribution in [0.5, 0.6) is 0 Å². The van der Waals surface area contributed by atoms with Gasteiger partial charge in [0, 0.05) is 6.54 Å². The molecule has 0 aliphatic rings. The zero-order valence-electron chi connectivity index (χ0n) is 7.11. The second-order valence-corrected chi connectivity index (χ2v) is 3.68. The fraction of sp³-hybridized carbons (Fsp3) is 0.714. The molecule has 0 aliphatic heterocycles. The largest absolute Gasteiger partial charge is 0.239 e. The van der Waals surface area contributed by atoms with Gasteiger partial charge >= 0.3 is 0 Å². The highest BCUT2D eigenvalue weighted by molar-refractivity contribution is 7.98. The summed E-state index contributed by atoms with van der Waals surface area (Å²) in [7, 11) is 0. The normalized spacial score (nSPS) is 10.9. The molecule has 0 N–H and O–H groups in total. The van der Waals surface area contributed by atoms with Gasteiger partial charge in [-0.1, -0.05) is 19.1 Å². The number of rotatable bonds is 3. The van der Waals surface area contributed by atoms with E-state index in [4.69, 9.17) is 0 Å². The van der Waals surface area contributed by atoms with Crippen LogP contribution in [0.25, 0.3) is 0 Å². The predicted molar refractivity (Wildman–Crippen MR) is 46.6 cm³/mol. The van der Waals surface area contributed by atoms with E-state index in [1.165, 1.54) is 0 Å². The molecule has 0 atom stereocenters. The van der Waals surface area contributed by atoms with Gasteiger partial charge in [-0.3, -0.25) is 0 Å². The Kier molecular flexibility index (Phi) is 2.93. The monoisotopic (exact) mass is 171 g/mol. The molecule has 4 heteroatoms. The first-order valence-electron chi connectivity index (χ1n) is 3.66. The minimum atomic E-state index is 0.627. The van der Waals surface area contributed by atoms with Gasteiger partial charge in [0.15, 0.2) is 0 Å². The maximum atomic E-state index is 3.97. The fourth-order valence-corrected chi connectivity index (χ4v) is 1.35. The first-order valence-corrected chi connectivity index (χ1v) is 4.89. The van der Waals surface area contributed by atoms with Crippen LogP contribution in [-0.4, -0.2) is 21.2 Å². The van der Waals surface area contributed by atoms with Crippen molar-refractivity contribution in [3.63, 3.8) is 0 Å². The van der Waals surface area contributed by atoms with E-state index < -0.39 is 0 Å². The Bertz CT molecular complexity index is 219. The first-order chi connectivity index (χ1) is 5.24. The minimum absolute atomic E-state index is 0.627. The van der Waals surface area contributed by atoms with E-state index in [0.29, 0.717) is 5.92 Å². The van der Waals surface area contributed by atoms with E-state index in [2.05, 4.69) is 24.2 Å². The summed E-state index contributed by atoms with van der Waals surface area (Å²) in [5, 5.41) is 8.95. The van der Waals surface area contributed by atoms with Crippen molar-refractivity contribution >= 4 is 11.8 Å². The molecule has 0 radical (unpaired) electrons. The maximum Gasteiger partial charge on any atom is 0.114 e. The Morgan fingerprint density at radius 3 is 2.91 bits per heavy atom. The van der Waals surface area contributed by atoms with Crippen molar-refractivity contribution in [1.82, 2.24) is 15.0 Å². The summed E-state index contributed by atoms with van der Waals surface area (Å²) in [4.78, 5) is 0. The van der Waals surface area contributed by atoms with Gasteiger partial charge in [0.05, 0.1) is 6.20 Å². The van der Waals surface area contributed by atoms with Gasteiger partial charge in [-0.05, 0) is 12.2 Å². The maximum absolute atomic E-state index is 3.97. The van der Waals surface area contributed by atoms with Gasteiger partial charge in [0.1, 0.15) is 5.03 Å². The molecule has 0 spiro atoms. The summed E-state index contributed by atoms with van der Waals surface area (Å²) >= 11 is 1.68. The number of thioether (sulfide) groups is 1. The van der Waals surface area contributed by atoms with Gasteiger partial charge in [0.25, 0.3) is 0 Å². The molecule has 0 bridgehead atoms. The summed E-state index contributed by atoms with van der Waals surface area (Å²) in [6.45, 7) is 5.30. The van der Waals surface area contributed by atoms with Gasteiger partial charge in [-0.25, -0.2) is 4.68 Å². The number of nitrogens with zero attached hydrogens (tertiary/aromatic N) is 3. The van der Waals surface area contributed by atoms with Crippen molar-refractivity contribution in [2.45, 2.75) is 25.4 Å². The number of aromatic nitrogens is 3. The first kappa shape index (κ1) is 8.59. The highest BCUT2D eigenvalue weighted by Crippen LogP contribution is 2.12. The molecule has 1 aromatic rings. The summed E-state index contributed by atoms with van der Waals surface area (Å²) in [6, 6.07) is 0. The van der Waals surface area contributed by atoms with Gasteiger partial charge in [-0.15, -0.1) is 16.9 Å². The molecule has 3 nitrogen and oxygen atoms in total. The molecule has 0 saturated heterocycles. The lowest BCUT2D eigenvalue weighted by Crippen LogP contribution is -2.07. The van der Waals surface area contributed by atoms with E-state index in [9.17, 15) is 0 Å². The van der Waals surface area contributed by atoms with Gasteiger partial charge < -0.3 is 0 Å². The standard InChI is InChI=1S/C7H13N3S/c1-6(2)5-10-7(11-3)4-8-9-10/h4,6H,5H2,1-3H3. The zero-order chi connectivity index (χ0) is 8.27. The van der Waals surface area contributed by atoms with Crippen LogP contribution in [0.4, 0.5) is 0 Å². The summed E-state index contributed by atoms with van der Waals surface area (Å²) < 4.78 is 1.94. The Hall–Kier alpha value is -0.510. The Balaban J connectivity index is 2.68. The third kappa shape index (κ3) is 2.22. The highest BCUT2D eigenvalue weighted by Gasteiger charge is 2.02. The van der Waals surface area contributed by atoms with Crippen molar-refractivity contribution in [2.75, 3.05) is 6.26 Å². The third-order valence-electron chi connectivity index (χ3n) is 1.33. The molecular weight excluding hydrogens is 158 g/mol. The van der Waals surface area contributed by atoms with Crippen molar-refractivity contribution in [3.8, 4) is 0 Å². The highest BCUT2D eigenvalue weighted by atomic mass is 32.2. The molecule has 1 heterocycles. The van der Waals surface area contributed by atoms with E-state index in [0.717, 1.165) is 11.6 Å². The Labute approximate surface area is 71.2 Å². The molecule has 1 rings (SSSR count). The smallest absolute Gasteiger partial charge is 0.114 e. The van der Waals surface area contributed by atoms with Crippen molar-refractivity contribution in [1.29, 1.82) is 0 Å². The van der Waals surface area contributed by atoms with E-state index in [1.54, 1.807) is 18.0 Å². The van der Waals surface area contributed by atoms with Crippen LogP contribution >= 0.6 is 11.8 Å². The molecule has 62 valence electrons. The molecule has 1 aromatic heterocycles. The molecular formula is C7H13N3S. The SMILES string of the molecule is CSc1cnnn1CC(C)C. The molecule has 0 aliphatic carbocycles. The molecule has 0 aromatic carbocycles. The number of hydrogen-bond donors (Lipinski definition) is 0. The summed E-state index contributed by atoms with van der Waals surface area (Å²) in [5.74, 6) is 0.627. The van der Waals surface area contributed by atoms with E-state index in [1.807, 2.05) is 10.9 Å². The fourth-order valence-electron chi connectivity index (χ4n) is 0.879. The summed E-state index contributed by atoms with van der Waals surface area (Å²) in [5.41, 5.74) is 0. The Morgan fingerprint density at radius 2 is 2.36 bits per heavy atom. The van der Waals surface area contributed by atoms with Crippen molar-refractivity contribution in [3.05, 3.63) is 6.20 Å².